The smallest absolute Gasteiger partial charge is 0.404 e. The van der Waals surface area contributed by atoms with Gasteiger partial charge in [-0.05, 0) is 6.92 Å². The number of carbonyl (C=O) groups excluding carboxylic acids is 2. The van der Waals surface area contributed by atoms with Gasteiger partial charge >= 0.3 is 6.09 Å². The number of aldehydes is 1. The molecule has 12 heteroatoms. The highest BCUT2D eigenvalue weighted by molar-refractivity contribution is 5.65. The van der Waals surface area contributed by atoms with Crippen molar-refractivity contribution < 1.29 is 54.4 Å². The number of hydrogen-bond acceptors (Lipinski definition) is 11. The van der Waals surface area contributed by atoms with Crippen molar-refractivity contribution in [2.75, 3.05) is 6.61 Å². The van der Waals surface area contributed by atoms with Crippen molar-refractivity contribution in [1.29, 1.82) is 0 Å². The third-order valence-electron chi connectivity index (χ3n) is 3.68. The Kier molecular flexibility index (Phi) is 8.11. The maximum absolute atomic E-state index is 11.1. The summed E-state index contributed by atoms with van der Waals surface area (Å²) < 4.78 is 14.7. The van der Waals surface area contributed by atoms with Gasteiger partial charge in [0.05, 0.1) is 12.7 Å². The lowest BCUT2D eigenvalue weighted by molar-refractivity contribution is -0.314. The van der Waals surface area contributed by atoms with Gasteiger partial charge in [0.1, 0.15) is 36.6 Å². The molecule has 0 aromatic heterocycles. The van der Waals surface area contributed by atoms with E-state index in [1.807, 2.05) is 0 Å². The van der Waals surface area contributed by atoms with E-state index in [0.717, 1.165) is 6.92 Å². The van der Waals surface area contributed by atoms with Crippen LogP contribution in [0, 0.1) is 0 Å². The number of ether oxygens (including phenoxy) is 3. The van der Waals surface area contributed by atoms with E-state index in [4.69, 9.17) is 15.2 Å². The number of nitrogens with two attached hydrogens (primary N) is 1. The van der Waals surface area contributed by atoms with E-state index in [1.165, 1.54) is 0 Å². The number of rotatable bonds is 8. The number of aliphatic hydroxyl groups is 6. The van der Waals surface area contributed by atoms with Crippen molar-refractivity contribution in [2.24, 2.45) is 5.73 Å². The molecule has 12 nitrogen and oxygen atoms in total. The van der Waals surface area contributed by atoms with Gasteiger partial charge in [0.15, 0.2) is 18.7 Å². The second kappa shape index (κ2) is 9.35. The van der Waals surface area contributed by atoms with Gasteiger partial charge in [-0.15, -0.1) is 0 Å². The second-order valence-corrected chi connectivity index (χ2v) is 5.57. The summed E-state index contributed by atoms with van der Waals surface area (Å²) in [4.78, 5) is 22.0. The molecule has 1 aliphatic heterocycles. The Morgan fingerprint density at radius 3 is 2.28 bits per heavy atom. The van der Waals surface area contributed by atoms with E-state index in [9.17, 15) is 40.2 Å². The fraction of sp³-hybridized carbons (Fsp3) is 0.846. The summed E-state index contributed by atoms with van der Waals surface area (Å²) in [6.45, 7) is 0.410. The molecule has 0 bridgehead atoms. The molecule has 1 fully saturated rings. The largest absolute Gasteiger partial charge is 0.441 e. The fourth-order valence-corrected chi connectivity index (χ4v) is 2.27. The summed E-state index contributed by atoms with van der Waals surface area (Å²) in [6, 6.07) is 0. The summed E-state index contributed by atoms with van der Waals surface area (Å²) in [7, 11) is 0. The molecule has 1 rings (SSSR count). The van der Waals surface area contributed by atoms with Gasteiger partial charge in [0, 0.05) is 0 Å². The summed E-state index contributed by atoms with van der Waals surface area (Å²) in [6.07, 6.45) is -16.2. The van der Waals surface area contributed by atoms with Crippen molar-refractivity contribution in [3.05, 3.63) is 0 Å². The van der Waals surface area contributed by atoms with Gasteiger partial charge in [0.25, 0.3) is 0 Å². The van der Waals surface area contributed by atoms with Crippen LogP contribution in [-0.4, -0.2) is 105 Å². The van der Waals surface area contributed by atoms with Crippen LogP contribution in [0.3, 0.4) is 0 Å². The normalized spacial score (nSPS) is 34.6. The van der Waals surface area contributed by atoms with Crippen LogP contribution < -0.4 is 5.73 Å². The summed E-state index contributed by atoms with van der Waals surface area (Å²) in [5, 5.41) is 57.9. The van der Waals surface area contributed by atoms with Crippen LogP contribution in [0.1, 0.15) is 6.92 Å². The first-order chi connectivity index (χ1) is 11.6. The van der Waals surface area contributed by atoms with Crippen molar-refractivity contribution in [3.63, 3.8) is 0 Å². The Balaban J connectivity index is 2.93. The van der Waals surface area contributed by atoms with Crippen LogP contribution in [0.5, 0.6) is 0 Å². The molecule has 1 unspecified atom stereocenters. The van der Waals surface area contributed by atoms with Crippen molar-refractivity contribution >= 4 is 12.4 Å². The molecular formula is C13H23NO11. The number of aliphatic hydroxyl groups excluding tert-OH is 6. The van der Waals surface area contributed by atoms with E-state index >= 15 is 0 Å². The van der Waals surface area contributed by atoms with Crippen LogP contribution in [0.4, 0.5) is 4.79 Å². The quantitative estimate of drug-likeness (QED) is 0.203. The number of carbonyl (C=O) groups is 2. The standard InChI is InChI=1S/C13H23NO11/c1-4(17)7(18)8(19)5(2-15)23-12-10(21)11(25-13(14)22)9(20)6(3-16)24-12/h2,4-12,16-21H,3H2,1H3,(H2,14,22)/t4-,5+,6+,7+,8+,9+,10-,11-,12?/m0/s1. The molecule has 0 radical (unpaired) electrons. The number of primary amides is 1. The first-order valence-corrected chi connectivity index (χ1v) is 7.37. The number of amides is 1. The SMILES string of the molecule is C[C@H](O)[C@@H](O)[C@H](O)[C@@H](C=O)OC1O[C@H](CO)[C@@H](O)[C@H](OC(N)=O)[C@@H]1O. The fourth-order valence-electron chi connectivity index (χ4n) is 2.27. The minimum Gasteiger partial charge on any atom is -0.441 e. The predicted octanol–water partition coefficient (Wildman–Crippen LogP) is -4.42. The van der Waals surface area contributed by atoms with Gasteiger partial charge in [-0.2, -0.15) is 0 Å². The average molecular weight is 369 g/mol. The maximum atomic E-state index is 11.1. The van der Waals surface area contributed by atoms with Gasteiger partial charge in [-0.3, -0.25) is 0 Å². The summed E-state index contributed by atoms with van der Waals surface area (Å²) in [5.74, 6) is 0. The minimum atomic E-state index is -1.87. The highest BCUT2D eigenvalue weighted by atomic mass is 16.7. The monoisotopic (exact) mass is 369 g/mol. The highest BCUT2D eigenvalue weighted by Crippen LogP contribution is 2.26. The Morgan fingerprint density at radius 2 is 1.84 bits per heavy atom. The van der Waals surface area contributed by atoms with E-state index < -0.39 is 67.8 Å². The van der Waals surface area contributed by atoms with Crippen molar-refractivity contribution in [3.8, 4) is 0 Å². The zero-order valence-corrected chi connectivity index (χ0v) is 13.3. The summed E-state index contributed by atoms with van der Waals surface area (Å²) in [5.41, 5.74) is 4.84. The van der Waals surface area contributed by atoms with Crippen molar-refractivity contribution in [2.45, 2.75) is 62.0 Å². The lowest BCUT2D eigenvalue weighted by atomic mass is 9.98. The van der Waals surface area contributed by atoms with Crippen LogP contribution in [-0.2, 0) is 19.0 Å². The topological polar surface area (TPSA) is 209 Å². The van der Waals surface area contributed by atoms with E-state index in [0.29, 0.717) is 0 Å². The minimum absolute atomic E-state index is 0.0925. The molecule has 25 heavy (non-hydrogen) atoms. The molecule has 1 saturated heterocycles. The molecule has 0 aromatic rings. The Labute approximate surface area is 142 Å². The lowest BCUT2D eigenvalue weighted by Gasteiger charge is -2.42. The molecule has 0 aromatic carbocycles. The van der Waals surface area contributed by atoms with E-state index in [2.05, 4.69) is 4.74 Å². The first kappa shape index (κ1) is 21.7. The van der Waals surface area contributed by atoms with Gasteiger partial charge < -0.3 is 55.4 Å². The molecule has 1 heterocycles. The van der Waals surface area contributed by atoms with Gasteiger partial charge in [0.2, 0.25) is 0 Å². The van der Waals surface area contributed by atoms with Crippen LogP contribution in [0.15, 0.2) is 0 Å². The molecule has 1 aliphatic rings. The number of hydrogen-bond donors (Lipinski definition) is 7. The predicted molar refractivity (Wildman–Crippen MR) is 76.8 cm³/mol. The Bertz CT molecular complexity index is 448. The third-order valence-corrected chi connectivity index (χ3v) is 3.68. The highest BCUT2D eigenvalue weighted by Gasteiger charge is 2.48. The zero-order chi connectivity index (χ0) is 19.3. The third kappa shape index (κ3) is 5.29. The van der Waals surface area contributed by atoms with E-state index in [-0.39, 0.29) is 6.29 Å². The van der Waals surface area contributed by atoms with Gasteiger partial charge in [-0.1, -0.05) is 0 Å². The maximum Gasteiger partial charge on any atom is 0.404 e. The van der Waals surface area contributed by atoms with Crippen LogP contribution >= 0.6 is 0 Å². The molecule has 0 aliphatic carbocycles. The zero-order valence-electron chi connectivity index (χ0n) is 13.3. The van der Waals surface area contributed by atoms with Crippen LogP contribution in [0.25, 0.3) is 0 Å². The molecule has 9 atom stereocenters. The van der Waals surface area contributed by atoms with E-state index in [1.54, 1.807) is 0 Å². The Hall–Kier alpha value is -1.38. The molecular weight excluding hydrogens is 346 g/mol. The summed E-state index contributed by atoms with van der Waals surface area (Å²) >= 11 is 0. The van der Waals surface area contributed by atoms with Crippen LogP contribution in [0.2, 0.25) is 0 Å². The lowest BCUT2D eigenvalue weighted by Crippen LogP contribution is -2.62. The molecule has 0 spiro atoms. The average Bonchev–Trinajstić information content (AvgIpc) is 2.56. The molecule has 0 saturated carbocycles. The second-order valence-electron chi connectivity index (χ2n) is 5.57. The Morgan fingerprint density at radius 1 is 1.24 bits per heavy atom. The first-order valence-electron chi connectivity index (χ1n) is 7.37. The molecule has 1 amide bonds. The molecule has 8 N–H and O–H groups in total. The van der Waals surface area contributed by atoms with Crippen molar-refractivity contribution in [1.82, 2.24) is 0 Å². The molecule has 146 valence electrons. The van der Waals surface area contributed by atoms with Gasteiger partial charge in [-0.25, -0.2) is 4.79 Å².